The summed E-state index contributed by atoms with van der Waals surface area (Å²) in [6.07, 6.45) is 1.10. The Hall–Kier alpha value is -1.91. The molecule has 1 heterocycles. The number of fused-ring (bicyclic) bond motifs is 1. The highest BCUT2D eigenvalue weighted by Gasteiger charge is 2.04. The molecule has 0 saturated heterocycles. The van der Waals surface area contributed by atoms with Crippen LogP contribution in [0.1, 0.15) is 18.6 Å². The molecule has 2 aromatic carbocycles. The van der Waals surface area contributed by atoms with Gasteiger partial charge in [0.1, 0.15) is 5.75 Å². The third-order valence-electron chi connectivity index (χ3n) is 3.24. The zero-order valence-electron chi connectivity index (χ0n) is 11.5. The molecule has 0 unspecified atom stereocenters. The number of hydrogen-bond donors (Lipinski definition) is 1. The summed E-state index contributed by atoms with van der Waals surface area (Å²) >= 11 is 3.46. The summed E-state index contributed by atoms with van der Waals surface area (Å²) in [4.78, 5) is 4.20. The normalized spacial score (nSPS) is 12.3. The fraction of sp³-hybridized carbons (Fsp3) is 0.118. The summed E-state index contributed by atoms with van der Waals surface area (Å²) in [5.74, 6) is 1.25. The third kappa shape index (κ3) is 3.23. The van der Waals surface area contributed by atoms with Crippen LogP contribution in [-0.4, -0.2) is 10.1 Å². The molecule has 0 fully saturated rings. The number of hydrogen-bond acceptors (Lipinski definition) is 3. The molecule has 0 aliphatic rings. The molecule has 3 rings (SSSR count). The van der Waals surface area contributed by atoms with Gasteiger partial charge < -0.3 is 9.84 Å². The Kier molecular flexibility index (Phi) is 3.90. The maximum absolute atomic E-state index is 9.46. The van der Waals surface area contributed by atoms with E-state index in [1.54, 1.807) is 19.2 Å². The topological polar surface area (TPSA) is 42.4 Å². The Morgan fingerprint density at radius 3 is 2.52 bits per heavy atom. The first kappa shape index (κ1) is 14.0. The molecule has 106 valence electrons. The van der Waals surface area contributed by atoms with E-state index in [2.05, 4.69) is 27.0 Å². The second-order valence-corrected chi connectivity index (χ2v) is 5.78. The van der Waals surface area contributed by atoms with Gasteiger partial charge in [-0.15, -0.1) is 0 Å². The molecule has 1 aromatic heterocycles. The van der Waals surface area contributed by atoms with Crippen molar-refractivity contribution in [2.45, 2.75) is 13.0 Å². The fourth-order valence-electron chi connectivity index (χ4n) is 2.08. The maximum Gasteiger partial charge on any atom is 0.219 e. The molecular weight excluding hydrogens is 330 g/mol. The second kappa shape index (κ2) is 5.84. The van der Waals surface area contributed by atoms with Crippen LogP contribution in [0.25, 0.3) is 10.8 Å². The van der Waals surface area contributed by atoms with Crippen LogP contribution in [-0.2, 0) is 0 Å². The molecule has 0 amide bonds. The standard InChI is InChI=1S/C17H14BrNO2/c1-11(20)14-4-7-17(19-10-14)21-16-6-3-12-8-15(18)5-2-13(12)9-16/h2-11,20H,1H3/t11-/m0/s1. The van der Waals surface area contributed by atoms with Gasteiger partial charge in [-0.05, 0) is 53.6 Å². The van der Waals surface area contributed by atoms with Gasteiger partial charge in [0.15, 0.2) is 0 Å². The molecule has 1 N–H and O–H groups in total. The van der Waals surface area contributed by atoms with E-state index in [-0.39, 0.29) is 0 Å². The fourth-order valence-corrected chi connectivity index (χ4v) is 2.46. The van der Waals surface area contributed by atoms with Crippen LogP contribution in [0.2, 0.25) is 0 Å². The molecular formula is C17H14BrNO2. The van der Waals surface area contributed by atoms with Gasteiger partial charge >= 0.3 is 0 Å². The predicted octanol–water partition coefficient (Wildman–Crippen LogP) is 4.84. The van der Waals surface area contributed by atoms with Crippen molar-refractivity contribution in [3.05, 3.63) is 64.8 Å². The van der Waals surface area contributed by atoms with Gasteiger partial charge in [-0.25, -0.2) is 4.98 Å². The Labute approximate surface area is 131 Å². The van der Waals surface area contributed by atoms with Gasteiger partial charge in [0.2, 0.25) is 5.88 Å². The molecule has 1 atom stereocenters. The highest BCUT2D eigenvalue weighted by atomic mass is 79.9. The zero-order chi connectivity index (χ0) is 14.8. The minimum atomic E-state index is -0.523. The van der Waals surface area contributed by atoms with Gasteiger partial charge in [0.05, 0.1) is 6.10 Å². The summed E-state index contributed by atoms with van der Waals surface area (Å²) in [7, 11) is 0. The second-order valence-electron chi connectivity index (χ2n) is 4.86. The average molecular weight is 344 g/mol. The molecule has 3 aromatic rings. The van der Waals surface area contributed by atoms with Gasteiger partial charge in [-0.3, -0.25) is 0 Å². The van der Waals surface area contributed by atoms with Crippen LogP contribution in [0.4, 0.5) is 0 Å². The molecule has 0 bridgehead atoms. The van der Waals surface area contributed by atoms with Crippen LogP contribution in [0.5, 0.6) is 11.6 Å². The lowest BCUT2D eigenvalue weighted by molar-refractivity contribution is 0.198. The number of benzene rings is 2. The number of halogens is 1. The van der Waals surface area contributed by atoms with Crippen LogP contribution in [0.3, 0.4) is 0 Å². The number of ether oxygens (including phenoxy) is 1. The maximum atomic E-state index is 9.46. The lowest BCUT2D eigenvalue weighted by Gasteiger charge is -2.08. The van der Waals surface area contributed by atoms with E-state index in [1.165, 1.54) is 0 Å². The number of aromatic nitrogens is 1. The van der Waals surface area contributed by atoms with E-state index in [9.17, 15) is 5.11 Å². The number of pyridine rings is 1. The molecule has 0 spiro atoms. The van der Waals surface area contributed by atoms with Crippen molar-refractivity contribution in [3.8, 4) is 11.6 Å². The highest BCUT2D eigenvalue weighted by Crippen LogP contribution is 2.27. The first-order valence-corrected chi connectivity index (χ1v) is 7.42. The van der Waals surface area contributed by atoms with Crippen molar-refractivity contribution in [3.63, 3.8) is 0 Å². The van der Waals surface area contributed by atoms with Crippen LogP contribution >= 0.6 is 15.9 Å². The van der Waals surface area contributed by atoms with Gasteiger partial charge in [0.25, 0.3) is 0 Å². The van der Waals surface area contributed by atoms with Crippen molar-refractivity contribution in [2.24, 2.45) is 0 Å². The van der Waals surface area contributed by atoms with Gasteiger partial charge in [0, 0.05) is 16.7 Å². The van der Waals surface area contributed by atoms with Crippen LogP contribution in [0, 0.1) is 0 Å². The van der Waals surface area contributed by atoms with Crippen LogP contribution < -0.4 is 4.74 Å². The quantitative estimate of drug-likeness (QED) is 0.739. The summed E-state index contributed by atoms with van der Waals surface area (Å²) < 4.78 is 6.80. The minimum absolute atomic E-state index is 0.510. The van der Waals surface area contributed by atoms with E-state index in [1.807, 2.05) is 36.4 Å². The molecule has 0 radical (unpaired) electrons. The van der Waals surface area contributed by atoms with E-state index >= 15 is 0 Å². The Bertz CT molecular complexity index is 769. The van der Waals surface area contributed by atoms with Gasteiger partial charge in [-0.1, -0.05) is 28.1 Å². The molecule has 0 aliphatic heterocycles. The minimum Gasteiger partial charge on any atom is -0.439 e. The zero-order valence-corrected chi connectivity index (χ0v) is 13.0. The monoisotopic (exact) mass is 343 g/mol. The number of nitrogens with zero attached hydrogens (tertiary/aromatic N) is 1. The smallest absolute Gasteiger partial charge is 0.219 e. The Morgan fingerprint density at radius 1 is 1.05 bits per heavy atom. The number of aliphatic hydroxyl groups excluding tert-OH is 1. The first-order valence-electron chi connectivity index (χ1n) is 6.63. The van der Waals surface area contributed by atoms with Crippen molar-refractivity contribution in [1.29, 1.82) is 0 Å². The molecule has 0 aliphatic carbocycles. The van der Waals surface area contributed by atoms with E-state index in [0.717, 1.165) is 26.6 Å². The SMILES string of the molecule is C[C@H](O)c1ccc(Oc2ccc3cc(Br)ccc3c2)nc1. The highest BCUT2D eigenvalue weighted by molar-refractivity contribution is 9.10. The number of rotatable bonds is 3. The Balaban J connectivity index is 1.85. The summed E-state index contributed by atoms with van der Waals surface area (Å²) in [5.41, 5.74) is 0.769. The molecule has 4 heteroatoms. The summed E-state index contributed by atoms with van der Waals surface area (Å²) in [6.45, 7) is 1.71. The first-order chi connectivity index (χ1) is 10.1. The summed E-state index contributed by atoms with van der Waals surface area (Å²) in [6, 6.07) is 15.6. The predicted molar refractivity (Wildman–Crippen MR) is 86.6 cm³/mol. The third-order valence-corrected chi connectivity index (χ3v) is 3.73. The lowest BCUT2D eigenvalue weighted by Crippen LogP contribution is -1.93. The Morgan fingerprint density at radius 2 is 1.81 bits per heavy atom. The van der Waals surface area contributed by atoms with Crippen molar-refractivity contribution < 1.29 is 9.84 Å². The van der Waals surface area contributed by atoms with E-state index < -0.39 is 6.10 Å². The van der Waals surface area contributed by atoms with Crippen molar-refractivity contribution in [1.82, 2.24) is 4.98 Å². The number of aliphatic hydroxyl groups is 1. The van der Waals surface area contributed by atoms with Crippen molar-refractivity contribution in [2.75, 3.05) is 0 Å². The lowest BCUT2D eigenvalue weighted by atomic mass is 10.1. The van der Waals surface area contributed by atoms with E-state index in [4.69, 9.17) is 4.74 Å². The van der Waals surface area contributed by atoms with Crippen LogP contribution in [0.15, 0.2) is 59.2 Å². The van der Waals surface area contributed by atoms with E-state index in [0.29, 0.717) is 5.88 Å². The largest absolute Gasteiger partial charge is 0.439 e. The summed E-state index contributed by atoms with van der Waals surface area (Å²) in [5, 5.41) is 11.7. The van der Waals surface area contributed by atoms with Crippen molar-refractivity contribution >= 4 is 26.7 Å². The average Bonchev–Trinajstić information content (AvgIpc) is 2.48. The molecule has 3 nitrogen and oxygen atoms in total. The molecule has 21 heavy (non-hydrogen) atoms. The van der Waals surface area contributed by atoms with Gasteiger partial charge in [-0.2, -0.15) is 0 Å². The molecule has 0 saturated carbocycles.